The number of hydrogen-bond acceptors (Lipinski definition) is 8. The predicted molar refractivity (Wildman–Crippen MR) is 172 cm³/mol. The Morgan fingerprint density at radius 1 is 0.844 bits per heavy atom. The molecule has 0 spiro atoms. The van der Waals surface area contributed by atoms with Gasteiger partial charge in [-0.15, -0.1) is 0 Å². The lowest BCUT2D eigenvalue weighted by atomic mass is 10.1. The summed E-state index contributed by atoms with van der Waals surface area (Å²) in [6.45, 7) is 12.9. The molecule has 10 heteroatoms. The van der Waals surface area contributed by atoms with Gasteiger partial charge in [-0.2, -0.15) is 0 Å². The van der Waals surface area contributed by atoms with E-state index in [4.69, 9.17) is 18.9 Å². The van der Waals surface area contributed by atoms with E-state index in [9.17, 15) is 14.4 Å². The van der Waals surface area contributed by atoms with Crippen LogP contribution in [0.5, 0.6) is 0 Å². The highest BCUT2D eigenvalue weighted by Crippen LogP contribution is 2.24. The van der Waals surface area contributed by atoms with E-state index in [1.54, 1.807) is 4.90 Å². The molecule has 10 nitrogen and oxygen atoms in total. The number of nitrogens with one attached hydrogen (secondary N) is 2. The van der Waals surface area contributed by atoms with Crippen LogP contribution in [0, 0.1) is 0 Å². The standard InChI is InChI=1S/C35H51N3O7/c1-34(2,3)44-31(39)30(19-13-14-20-36-32(40)43-25-27-17-11-8-12-18-27)37-22-28-21-29(42-24-26-15-9-7-10-16-26)23-38(28)33(41)45-35(4,5)6/h7-12,15-18,28-30,37H,13-14,19-25H2,1-6H3,(H,36,40)/t28-,29+,30-/m0/s1. The minimum Gasteiger partial charge on any atom is -0.459 e. The van der Waals surface area contributed by atoms with Gasteiger partial charge in [0.25, 0.3) is 0 Å². The summed E-state index contributed by atoms with van der Waals surface area (Å²) in [7, 11) is 0. The van der Waals surface area contributed by atoms with Gasteiger partial charge in [0, 0.05) is 13.1 Å². The van der Waals surface area contributed by atoms with Crippen LogP contribution in [0.4, 0.5) is 9.59 Å². The molecule has 2 N–H and O–H groups in total. The van der Waals surface area contributed by atoms with E-state index in [0.29, 0.717) is 51.9 Å². The zero-order chi connectivity index (χ0) is 32.9. The number of amides is 2. The van der Waals surface area contributed by atoms with Crippen LogP contribution in [0.3, 0.4) is 0 Å². The van der Waals surface area contributed by atoms with E-state index >= 15 is 0 Å². The van der Waals surface area contributed by atoms with Crippen LogP contribution in [0.1, 0.15) is 78.4 Å². The molecule has 0 radical (unpaired) electrons. The lowest BCUT2D eigenvalue weighted by molar-refractivity contribution is -0.157. The summed E-state index contributed by atoms with van der Waals surface area (Å²) in [6, 6.07) is 18.6. The van der Waals surface area contributed by atoms with E-state index in [1.165, 1.54) is 0 Å². The third-order valence-electron chi connectivity index (χ3n) is 7.03. The fraction of sp³-hybridized carbons (Fsp3) is 0.571. The third-order valence-corrected chi connectivity index (χ3v) is 7.03. The second-order valence-electron chi connectivity index (χ2n) is 13.4. The number of nitrogens with zero attached hydrogens (tertiary/aromatic N) is 1. The highest BCUT2D eigenvalue weighted by molar-refractivity contribution is 5.76. The Morgan fingerprint density at radius 3 is 2.04 bits per heavy atom. The number of carbonyl (C=O) groups is 3. The summed E-state index contributed by atoms with van der Waals surface area (Å²) >= 11 is 0. The number of rotatable bonds is 14. The van der Waals surface area contributed by atoms with Gasteiger partial charge in [0.05, 0.1) is 25.3 Å². The maximum Gasteiger partial charge on any atom is 0.410 e. The molecule has 1 heterocycles. The van der Waals surface area contributed by atoms with Crippen LogP contribution in [-0.4, -0.2) is 72.1 Å². The fourth-order valence-corrected chi connectivity index (χ4v) is 4.91. The first kappa shape index (κ1) is 35.8. The molecule has 3 rings (SSSR count). The summed E-state index contributed by atoms with van der Waals surface area (Å²) in [5, 5.41) is 6.14. The molecular weight excluding hydrogens is 574 g/mol. The van der Waals surface area contributed by atoms with Gasteiger partial charge in [-0.05, 0) is 78.4 Å². The average Bonchev–Trinajstić information content (AvgIpc) is 3.39. The number of hydrogen-bond donors (Lipinski definition) is 2. The van der Waals surface area contributed by atoms with E-state index in [1.807, 2.05) is 102 Å². The van der Waals surface area contributed by atoms with Gasteiger partial charge in [0.2, 0.25) is 0 Å². The minimum atomic E-state index is -0.645. The highest BCUT2D eigenvalue weighted by Gasteiger charge is 2.39. The molecule has 2 aromatic rings. The molecule has 0 bridgehead atoms. The van der Waals surface area contributed by atoms with Crippen molar-refractivity contribution in [2.24, 2.45) is 0 Å². The van der Waals surface area contributed by atoms with Gasteiger partial charge in [-0.1, -0.05) is 60.7 Å². The lowest BCUT2D eigenvalue weighted by Crippen LogP contribution is -2.49. The molecule has 2 aromatic carbocycles. The van der Waals surface area contributed by atoms with Crippen molar-refractivity contribution in [1.82, 2.24) is 15.5 Å². The van der Waals surface area contributed by atoms with Crippen molar-refractivity contribution in [3.8, 4) is 0 Å². The Kier molecular flexibility index (Phi) is 13.7. The monoisotopic (exact) mass is 625 g/mol. The van der Waals surface area contributed by atoms with E-state index in [2.05, 4.69) is 10.6 Å². The summed E-state index contributed by atoms with van der Waals surface area (Å²) in [4.78, 5) is 40.1. The summed E-state index contributed by atoms with van der Waals surface area (Å²) in [5.41, 5.74) is 0.694. The number of alkyl carbamates (subject to hydrolysis) is 1. The van der Waals surface area contributed by atoms with E-state index in [-0.39, 0.29) is 24.7 Å². The van der Waals surface area contributed by atoms with Gasteiger partial charge in [-0.3, -0.25) is 4.79 Å². The minimum absolute atomic E-state index is 0.169. The molecule has 0 saturated carbocycles. The van der Waals surface area contributed by atoms with E-state index < -0.39 is 29.4 Å². The maximum atomic E-state index is 13.2. The summed E-state index contributed by atoms with van der Waals surface area (Å²) < 4.78 is 22.9. The smallest absolute Gasteiger partial charge is 0.410 e. The second-order valence-corrected chi connectivity index (χ2v) is 13.4. The normalized spacial score (nSPS) is 17.4. The topological polar surface area (TPSA) is 115 Å². The van der Waals surface area contributed by atoms with Gasteiger partial charge >= 0.3 is 18.2 Å². The number of unbranched alkanes of at least 4 members (excludes halogenated alkanes) is 1. The molecule has 1 aliphatic heterocycles. The number of esters is 1. The summed E-state index contributed by atoms with van der Waals surface area (Å²) in [6.07, 6.45) is 1.38. The Balaban J connectivity index is 1.54. The Labute approximate surface area is 268 Å². The molecule has 248 valence electrons. The van der Waals surface area contributed by atoms with Crippen molar-refractivity contribution in [1.29, 1.82) is 0 Å². The maximum absolute atomic E-state index is 13.2. The Morgan fingerprint density at radius 2 is 1.44 bits per heavy atom. The molecular formula is C35H51N3O7. The molecule has 45 heavy (non-hydrogen) atoms. The lowest BCUT2D eigenvalue weighted by Gasteiger charge is -2.30. The van der Waals surface area contributed by atoms with Gasteiger partial charge < -0.3 is 34.5 Å². The average molecular weight is 626 g/mol. The molecule has 1 aliphatic rings. The fourth-order valence-electron chi connectivity index (χ4n) is 4.91. The van der Waals surface area contributed by atoms with Gasteiger partial charge in [0.1, 0.15) is 23.9 Å². The Bertz CT molecular complexity index is 1200. The molecule has 0 aliphatic carbocycles. The van der Waals surface area contributed by atoms with E-state index in [0.717, 1.165) is 11.1 Å². The van der Waals surface area contributed by atoms with Crippen LogP contribution in [0.2, 0.25) is 0 Å². The van der Waals surface area contributed by atoms with Crippen LogP contribution in [0.15, 0.2) is 60.7 Å². The third kappa shape index (κ3) is 13.9. The Hall–Kier alpha value is -3.63. The van der Waals surface area contributed by atoms with Crippen molar-refractivity contribution >= 4 is 18.2 Å². The quantitative estimate of drug-likeness (QED) is 0.150. The molecule has 0 unspecified atom stereocenters. The van der Waals surface area contributed by atoms with Crippen LogP contribution in [-0.2, 0) is 37.0 Å². The first-order valence-corrected chi connectivity index (χ1v) is 15.8. The second kappa shape index (κ2) is 17.2. The molecule has 1 fully saturated rings. The molecule has 3 atom stereocenters. The number of likely N-dealkylation sites (tertiary alicyclic amines) is 1. The molecule has 0 aromatic heterocycles. The first-order valence-electron chi connectivity index (χ1n) is 15.8. The number of carbonyl (C=O) groups excluding carboxylic acids is 3. The highest BCUT2D eigenvalue weighted by atomic mass is 16.6. The zero-order valence-electron chi connectivity index (χ0n) is 27.7. The van der Waals surface area contributed by atoms with Gasteiger partial charge in [0.15, 0.2) is 0 Å². The largest absolute Gasteiger partial charge is 0.459 e. The molecule has 1 saturated heterocycles. The van der Waals surface area contributed by atoms with Crippen molar-refractivity contribution in [2.75, 3.05) is 19.6 Å². The number of ether oxygens (including phenoxy) is 4. The first-order chi connectivity index (χ1) is 21.3. The number of benzene rings is 2. The molecule has 2 amide bonds. The van der Waals surface area contributed by atoms with Crippen molar-refractivity contribution in [3.05, 3.63) is 71.8 Å². The van der Waals surface area contributed by atoms with Gasteiger partial charge in [-0.25, -0.2) is 9.59 Å². The van der Waals surface area contributed by atoms with Crippen molar-refractivity contribution < 1.29 is 33.3 Å². The van der Waals surface area contributed by atoms with Crippen LogP contribution < -0.4 is 10.6 Å². The predicted octanol–water partition coefficient (Wildman–Crippen LogP) is 5.98. The van der Waals surface area contributed by atoms with Crippen molar-refractivity contribution in [3.63, 3.8) is 0 Å². The zero-order valence-corrected chi connectivity index (χ0v) is 27.7. The van der Waals surface area contributed by atoms with Crippen molar-refractivity contribution in [2.45, 2.75) is 110 Å². The van der Waals surface area contributed by atoms with Crippen LogP contribution in [0.25, 0.3) is 0 Å². The SMILES string of the molecule is CC(C)(C)OC(=O)[C@H](CCCCNC(=O)OCc1ccccc1)NC[C@@H]1C[C@@H](OCc2ccccc2)CN1C(=O)OC(C)(C)C. The summed E-state index contributed by atoms with van der Waals surface area (Å²) in [5.74, 6) is -0.351. The van der Waals surface area contributed by atoms with Crippen LogP contribution >= 0.6 is 0 Å².